The van der Waals surface area contributed by atoms with Crippen LogP contribution in [-0.4, -0.2) is 18.2 Å². The van der Waals surface area contributed by atoms with Gasteiger partial charge in [0.15, 0.2) is 5.69 Å². The molecule has 2 rings (SSSR count). The van der Waals surface area contributed by atoms with Gasteiger partial charge in [0, 0.05) is 17.8 Å². The molecule has 72 valence electrons. The SMILES string of the molecule is CC[N+]1(C=O)C(=O)Sc2ccccc21. The van der Waals surface area contributed by atoms with Gasteiger partial charge in [0.25, 0.3) is 0 Å². The van der Waals surface area contributed by atoms with E-state index in [4.69, 9.17) is 0 Å². The predicted molar refractivity (Wildman–Crippen MR) is 56.1 cm³/mol. The third-order valence-electron chi connectivity index (χ3n) is 2.50. The molecule has 2 amide bonds. The Labute approximate surface area is 86.3 Å². The average Bonchev–Trinajstić information content (AvgIpc) is 2.50. The number of quaternary nitrogens is 1. The summed E-state index contributed by atoms with van der Waals surface area (Å²) < 4.78 is -0.180. The van der Waals surface area contributed by atoms with E-state index in [0.717, 1.165) is 28.8 Å². The zero-order valence-corrected chi connectivity index (χ0v) is 8.58. The standard InChI is InChI=1S/C10H10NO2S/c1-2-11(7-12)8-5-3-4-6-9(8)14-10(11)13/h3-7H,2H2,1H3/q+1. The van der Waals surface area contributed by atoms with Crippen LogP contribution < -0.4 is 4.48 Å². The van der Waals surface area contributed by atoms with E-state index >= 15 is 0 Å². The quantitative estimate of drug-likeness (QED) is 0.553. The number of rotatable bonds is 2. The highest BCUT2D eigenvalue weighted by Gasteiger charge is 2.46. The van der Waals surface area contributed by atoms with Gasteiger partial charge < -0.3 is 0 Å². The average molecular weight is 208 g/mol. The molecule has 1 aliphatic rings. The molecule has 0 fully saturated rings. The number of thioether (sulfide) groups is 1. The van der Waals surface area contributed by atoms with Crippen LogP contribution in [0.1, 0.15) is 6.92 Å². The Morgan fingerprint density at radius 2 is 2.14 bits per heavy atom. The van der Waals surface area contributed by atoms with Crippen LogP contribution >= 0.6 is 11.8 Å². The largest absolute Gasteiger partial charge is 0.392 e. The van der Waals surface area contributed by atoms with Crippen molar-refractivity contribution < 1.29 is 9.59 Å². The Balaban J connectivity index is 2.64. The summed E-state index contributed by atoms with van der Waals surface area (Å²) in [5.74, 6) is 0. The van der Waals surface area contributed by atoms with Crippen molar-refractivity contribution in [2.45, 2.75) is 11.8 Å². The lowest BCUT2D eigenvalue weighted by molar-refractivity contribution is -0.114. The van der Waals surface area contributed by atoms with Gasteiger partial charge in [0.05, 0.1) is 11.4 Å². The Bertz CT molecular complexity index is 405. The van der Waals surface area contributed by atoms with E-state index in [9.17, 15) is 9.59 Å². The summed E-state index contributed by atoms with van der Waals surface area (Å²) in [6.45, 7) is 2.32. The first-order valence-corrected chi connectivity index (χ1v) is 5.22. The molecule has 3 nitrogen and oxygen atoms in total. The Hall–Kier alpha value is -1.13. The molecule has 0 N–H and O–H groups in total. The number of benzene rings is 1. The van der Waals surface area contributed by atoms with Crippen LogP contribution in [0, 0.1) is 0 Å². The molecule has 4 heteroatoms. The molecule has 1 unspecified atom stereocenters. The van der Waals surface area contributed by atoms with Crippen molar-refractivity contribution in [2.24, 2.45) is 0 Å². The summed E-state index contributed by atoms with van der Waals surface area (Å²) in [5, 5.41) is -0.108. The predicted octanol–water partition coefficient (Wildman–Crippen LogP) is 2.40. The topological polar surface area (TPSA) is 34.1 Å². The molecular weight excluding hydrogens is 198 g/mol. The zero-order chi connectivity index (χ0) is 10.2. The van der Waals surface area contributed by atoms with E-state index in [1.54, 1.807) is 0 Å². The molecule has 0 bridgehead atoms. The number of fused-ring (bicyclic) bond motifs is 1. The molecule has 14 heavy (non-hydrogen) atoms. The monoisotopic (exact) mass is 208 g/mol. The molecule has 1 aliphatic heterocycles. The molecule has 1 atom stereocenters. The zero-order valence-electron chi connectivity index (χ0n) is 7.77. The minimum atomic E-state index is -0.180. The smallest absolute Gasteiger partial charge is 0.233 e. The van der Waals surface area contributed by atoms with E-state index in [1.807, 2.05) is 31.2 Å². The van der Waals surface area contributed by atoms with Gasteiger partial charge in [-0.1, -0.05) is 12.1 Å². The highest BCUT2D eigenvalue weighted by molar-refractivity contribution is 8.14. The van der Waals surface area contributed by atoms with E-state index in [2.05, 4.69) is 0 Å². The number of nitrogens with zero attached hydrogens (tertiary/aromatic N) is 1. The molecule has 1 heterocycles. The number of carbonyl (C=O) groups excluding carboxylic acids is 2. The summed E-state index contributed by atoms with van der Waals surface area (Å²) in [4.78, 5) is 23.7. The molecule has 0 spiro atoms. The van der Waals surface area contributed by atoms with Crippen LogP contribution in [0.15, 0.2) is 29.2 Å². The highest BCUT2D eigenvalue weighted by atomic mass is 32.2. The first-order chi connectivity index (χ1) is 6.74. The summed E-state index contributed by atoms with van der Waals surface area (Å²) >= 11 is 1.15. The van der Waals surface area contributed by atoms with Gasteiger partial charge in [-0.15, -0.1) is 0 Å². The molecule has 0 radical (unpaired) electrons. The Morgan fingerprint density at radius 3 is 2.79 bits per heavy atom. The molecule has 0 aliphatic carbocycles. The maximum absolute atomic E-state index is 11.7. The van der Waals surface area contributed by atoms with Crippen LogP contribution in [0.4, 0.5) is 10.5 Å². The lowest BCUT2D eigenvalue weighted by Gasteiger charge is -2.20. The van der Waals surface area contributed by atoms with Gasteiger partial charge in [0.2, 0.25) is 0 Å². The van der Waals surface area contributed by atoms with Crippen molar-refractivity contribution in [1.29, 1.82) is 0 Å². The van der Waals surface area contributed by atoms with Crippen molar-refractivity contribution in [3.05, 3.63) is 24.3 Å². The van der Waals surface area contributed by atoms with Gasteiger partial charge in [-0.25, -0.2) is 9.59 Å². The highest BCUT2D eigenvalue weighted by Crippen LogP contribution is 2.44. The van der Waals surface area contributed by atoms with E-state index in [1.165, 1.54) is 0 Å². The van der Waals surface area contributed by atoms with Crippen LogP contribution in [-0.2, 0) is 4.79 Å². The minimum absolute atomic E-state index is 0.108. The van der Waals surface area contributed by atoms with Crippen molar-refractivity contribution >= 4 is 29.1 Å². The third kappa shape index (κ3) is 1.04. The van der Waals surface area contributed by atoms with E-state index < -0.39 is 0 Å². The van der Waals surface area contributed by atoms with Gasteiger partial charge in [-0.05, 0) is 13.0 Å². The number of para-hydroxylation sites is 1. The normalized spacial score (nSPS) is 24.8. The first-order valence-electron chi connectivity index (χ1n) is 4.40. The van der Waals surface area contributed by atoms with E-state index in [0.29, 0.717) is 6.54 Å². The Morgan fingerprint density at radius 1 is 1.43 bits per heavy atom. The first kappa shape index (κ1) is 9.43. The van der Waals surface area contributed by atoms with E-state index in [-0.39, 0.29) is 9.72 Å². The lowest BCUT2D eigenvalue weighted by atomic mass is 10.2. The number of amides is 2. The van der Waals surface area contributed by atoms with Gasteiger partial charge in [-0.3, -0.25) is 0 Å². The van der Waals surface area contributed by atoms with Crippen molar-refractivity contribution in [3.63, 3.8) is 0 Å². The molecular formula is C10H10NO2S+. The Kier molecular flexibility index (Phi) is 2.17. The molecule has 1 aromatic rings. The summed E-state index contributed by atoms with van der Waals surface area (Å²) in [7, 11) is 0. The summed E-state index contributed by atoms with van der Waals surface area (Å²) in [6.07, 6.45) is 0.723. The van der Waals surface area contributed by atoms with Crippen LogP contribution in [0.3, 0.4) is 0 Å². The van der Waals surface area contributed by atoms with Crippen molar-refractivity contribution in [2.75, 3.05) is 6.54 Å². The van der Waals surface area contributed by atoms with Crippen molar-refractivity contribution in [3.8, 4) is 0 Å². The second kappa shape index (κ2) is 3.22. The van der Waals surface area contributed by atoms with Crippen LogP contribution in [0.5, 0.6) is 0 Å². The summed E-state index contributed by atoms with van der Waals surface area (Å²) in [6, 6.07) is 7.44. The number of hydrogen-bond donors (Lipinski definition) is 0. The molecule has 1 aromatic carbocycles. The fourth-order valence-electron chi connectivity index (χ4n) is 1.62. The summed E-state index contributed by atoms with van der Waals surface area (Å²) in [5.41, 5.74) is 0.806. The second-order valence-electron chi connectivity index (χ2n) is 3.13. The molecule has 0 saturated carbocycles. The maximum Gasteiger partial charge on any atom is 0.392 e. The maximum atomic E-state index is 11.7. The lowest BCUT2D eigenvalue weighted by Crippen LogP contribution is -2.48. The number of imide groups is 1. The third-order valence-corrected chi connectivity index (χ3v) is 3.56. The minimum Gasteiger partial charge on any atom is -0.233 e. The molecule has 0 aromatic heterocycles. The fourth-order valence-corrected chi connectivity index (χ4v) is 2.72. The van der Waals surface area contributed by atoms with Gasteiger partial charge in [0.1, 0.15) is 0 Å². The van der Waals surface area contributed by atoms with Crippen molar-refractivity contribution in [1.82, 2.24) is 4.48 Å². The van der Waals surface area contributed by atoms with Gasteiger partial charge in [-0.2, -0.15) is 4.48 Å². The fraction of sp³-hybridized carbons (Fsp3) is 0.200. The number of carbonyl (C=O) groups is 2. The number of hydrogen-bond acceptors (Lipinski definition) is 3. The second-order valence-corrected chi connectivity index (χ2v) is 4.12. The van der Waals surface area contributed by atoms with Crippen LogP contribution in [0.25, 0.3) is 0 Å². The molecule has 0 saturated heterocycles. The van der Waals surface area contributed by atoms with Gasteiger partial charge >= 0.3 is 11.6 Å². The van der Waals surface area contributed by atoms with Crippen LogP contribution in [0.2, 0.25) is 0 Å².